The molecule has 1 heterocycles. The monoisotopic (exact) mass is 262 g/mol. The SMILES string of the molecule is CC(C)CN(C(=O)c1cncc(O)c1)C1CCCC1. The van der Waals surface area contributed by atoms with E-state index >= 15 is 0 Å². The van der Waals surface area contributed by atoms with Crippen LogP contribution in [0.2, 0.25) is 0 Å². The molecular formula is C15H22N2O2. The molecule has 1 aromatic heterocycles. The van der Waals surface area contributed by atoms with Crippen molar-refractivity contribution in [2.45, 2.75) is 45.6 Å². The fraction of sp³-hybridized carbons (Fsp3) is 0.600. The number of rotatable bonds is 4. The average molecular weight is 262 g/mol. The van der Waals surface area contributed by atoms with E-state index in [9.17, 15) is 9.90 Å². The number of aromatic hydroxyl groups is 1. The van der Waals surface area contributed by atoms with Crippen molar-refractivity contribution in [2.75, 3.05) is 6.54 Å². The quantitative estimate of drug-likeness (QED) is 0.907. The Bertz CT molecular complexity index is 440. The number of carbonyl (C=O) groups excluding carboxylic acids is 1. The zero-order valence-electron chi connectivity index (χ0n) is 11.7. The first-order valence-corrected chi connectivity index (χ1v) is 7.03. The highest BCUT2D eigenvalue weighted by molar-refractivity contribution is 5.94. The number of pyridine rings is 1. The molecule has 104 valence electrons. The van der Waals surface area contributed by atoms with E-state index in [2.05, 4.69) is 18.8 Å². The van der Waals surface area contributed by atoms with E-state index in [1.807, 2.05) is 4.90 Å². The molecular weight excluding hydrogens is 240 g/mol. The maximum Gasteiger partial charge on any atom is 0.255 e. The van der Waals surface area contributed by atoms with Gasteiger partial charge in [-0.15, -0.1) is 0 Å². The summed E-state index contributed by atoms with van der Waals surface area (Å²) in [7, 11) is 0. The first-order valence-electron chi connectivity index (χ1n) is 7.03. The summed E-state index contributed by atoms with van der Waals surface area (Å²) in [4.78, 5) is 18.5. The first-order chi connectivity index (χ1) is 9.08. The Kier molecular flexibility index (Phi) is 4.40. The maximum absolute atomic E-state index is 12.6. The van der Waals surface area contributed by atoms with Crippen molar-refractivity contribution in [2.24, 2.45) is 5.92 Å². The summed E-state index contributed by atoms with van der Waals surface area (Å²) in [6.07, 6.45) is 7.45. The summed E-state index contributed by atoms with van der Waals surface area (Å²) >= 11 is 0. The third-order valence-corrected chi connectivity index (χ3v) is 3.56. The van der Waals surface area contributed by atoms with Gasteiger partial charge in [0, 0.05) is 18.8 Å². The minimum Gasteiger partial charge on any atom is -0.506 e. The second-order valence-corrected chi connectivity index (χ2v) is 5.72. The minimum absolute atomic E-state index is 0.0102. The van der Waals surface area contributed by atoms with Crippen molar-refractivity contribution in [3.63, 3.8) is 0 Å². The van der Waals surface area contributed by atoms with Crippen molar-refractivity contribution < 1.29 is 9.90 Å². The molecule has 1 saturated carbocycles. The fourth-order valence-corrected chi connectivity index (χ4v) is 2.72. The van der Waals surface area contributed by atoms with E-state index in [4.69, 9.17) is 0 Å². The van der Waals surface area contributed by atoms with Crippen molar-refractivity contribution >= 4 is 5.91 Å². The van der Waals surface area contributed by atoms with Crippen molar-refractivity contribution in [1.29, 1.82) is 0 Å². The molecule has 1 aromatic rings. The number of aromatic nitrogens is 1. The average Bonchev–Trinajstić information content (AvgIpc) is 2.88. The van der Waals surface area contributed by atoms with Crippen LogP contribution in [0.4, 0.5) is 0 Å². The van der Waals surface area contributed by atoms with Gasteiger partial charge in [0.1, 0.15) is 5.75 Å². The molecule has 1 fully saturated rings. The highest BCUT2D eigenvalue weighted by Gasteiger charge is 2.28. The van der Waals surface area contributed by atoms with Crippen molar-refractivity contribution in [3.8, 4) is 5.75 Å². The normalized spacial score (nSPS) is 15.9. The molecule has 1 aliphatic rings. The summed E-state index contributed by atoms with van der Waals surface area (Å²) in [6, 6.07) is 1.84. The molecule has 4 heteroatoms. The standard InChI is InChI=1S/C15H22N2O2/c1-11(2)10-17(13-5-3-4-6-13)15(19)12-7-14(18)9-16-8-12/h7-9,11,13,18H,3-6,10H2,1-2H3. The van der Waals surface area contributed by atoms with E-state index in [1.165, 1.54) is 31.3 Å². The lowest BCUT2D eigenvalue weighted by atomic mass is 10.1. The third-order valence-electron chi connectivity index (χ3n) is 3.56. The van der Waals surface area contributed by atoms with E-state index < -0.39 is 0 Å². The fourth-order valence-electron chi connectivity index (χ4n) is 2.72. The number of carbonyl (C=O) groups is 1. The molecule has 0 radical (unpaired) electrons. The molecule has 0 aliphatic heterocycles. The van der Waals surface area contributed by atoms with Gasteiger partial charge in [-0.05, 0) is 24.8 Å². The van der Waals surface area contributed by atoms with Crippen LogP contribution in [0.1, 0.15) is 49.9 Å². The summed E-state index contributed by atoms with van der Waals surface area (Å²) in [6.45, 7) is 5.01. The summed E-state index contributed by atoms with van der Waals surface area (Å²) in [5.41, 5.74) is 0.479. The molecule has 0 saturated heterocycles. The lowest BCUT2D eigenvalue weighted by molar-refractivity contribution is 0.0654. The number of amides is 1. The third kappa shape index (κ3) is 3.46. The number of nitrogens with zero attached hydrogens (tertiary/aromatic N) is 2. The van der Waals surface area contributed by atoms with Gasteiger partial charge >= 0.3 is 0 Å². The van der Waals surface area contributed by atoms with Gasteiger partial charge in [0.15, 0.2) is 0 Å². The van der Waals surface area contributed by atoms with Gasteiger partial charge in [-0.3, -0.25) is 9.78 Å². The molecule has 4 nitrogen and oxygen atoms in total. The smallest absolute Gasteiger partial charge is 0.255 e. The van der Waals surface area contributed by atoms with Crippen LogP contribution in [-0.4, -0.2) is 33.5 Å². The van der Waals surface area contributed by atoms with Gasteiger partial charge in [-0.2, -0.15) is 0 Å². The largest absolute Gasteiger partial charge is 0.506 e. The van der Waals surface area contributed by atoms with Crippen LogP contribution in [0.25, 0.3) is 0 Å². The zero-order chi connectivity index (χ0) is 13.8. The van der Waals surface area contributed by atoms with Crippen molar-refractivity contribution in [1.82, 2.24) is 9.88 Å². The van der Waals surface area contributed by atoms with E-state index in [0.29, 0.717) is 17.5 Å². The minimum atomic E-state index is -0.0102. The van der Waals surface area contributed by atoms with Crippen LogP contribution in [0, 0.1) is 5.92 Å². The summed E-state index contributed by atoms with van der Waals surface area (Å²) in [5, 5.41) is 9.46. The van der Waals surface area contributed by atoms with Crippen LogP contribution in [0.15, 0.2) is 18.5 Å². The van der Waals surface area contributed by atoms with Gasteiger partial charge in [0.05, 0.1) is 11.8 Å². The zero-order valence-corrected chi connectivity index (χ0v) is 11.7. The maximum atomic E-state index is 12.6. The van der Waals surface area contributed by atoms with Crippen LogP contribution >= 0.6 is 0 Å². The molecule has 1 amide bonds. The Morgan fingerprint density at radius 2 is 2.11 bits per heavy atom. The topological polar surface area (TPSA) is 53.4 Å². The molecule has 0 unspecified atom stereocenters. The number of hydrogen-bond donors (Lipinski definition) is 1. The molecule has 0 aromatic carbocycles. The molecule has 19 heavy (non-hydrogen) atoms. The molecule has 1 N–H and O–H groups in total. The van der Waals surface area contributed by atoms with Crippen LogP contribution < -0.4 is 0 Å². The van der Waals surface area contributed by atoms with Crippen molar-refractivity contribution in [3.05, 3.63) is 24.0 Å². The Morgan fingerprint density at radius 1 is 1.42 bits per heavy atom. The predicted molar refractivity (Wildman–Crippen MR) is 74.0 cm³/mol. The van der Waals surface area contributed by atoms with Crippen LogP contribution in [0.5, 0.6) is 5.75 Å². The van der Waals surface area contributed by atoms with Gasteiger partial charge in [-0.25, -0.2) is 0 Å². The molecule has 0 spiro atoms. The highest BCUT2D eigenvalue weighted by Crippen LogP contribution is 2.26. The van der Waals surface area contributed by atoms with Gasteiger partial charge in [-0.1, -0.05) is 26.7 Å². The van der Waals surface area contributed by atoms with Gasteiger partial charge in [0.2, 0.25) is 0 Å². The predicted octanol–water partition coefficient (Wildman–Crippen LogP) is 2.83. The Labute approximate surface area is 114 Å². The van der Waals surface area contributed by atoms with Crippen LogP contribution in [0.3, 0.4) is 0 Å². The van der Waals surface area contributed by atoms with Gasteiger partial charge in [0.25, 0.3) is 5.91 Å². The lowest BCUT2D eigenvalue weighted by Gasteiger charge is -2.30. The molecule has 0 atom stereocenters. The molecule has 1 aliphatic carbocycles. The Morgan fingerprint density at radius 3 is 2.68 bits per heavy atom. The van der Waals surface area contributed by atoms with E-state index in [-0.39, 0.29) is 11.7 Å². The lowest BCUT2D eigenvalue weighted by Crippen LogP contribution is -2.41. The van der Waals surface area contributed by atoms with E-state index in [1.54, 1.807) is 0 Å². The summed E-state index contributed by atoms with van der Waals surface area (Å²) < 4.78 is 0. The van der Waals surface area contributed by atoms with E-state index in [0.717, 1.165) is 19.4 Å². The Balaban J connectivity index is 2.19. The second-order valence-electron chi connectivity index (χ2n) is 5.72. The summed E-state index contributed by atoms with van der Waals surface area (Å²) in [5.74, 6) is 0.473. The number of hydrogen-bond acceptors (Lipinski definition) is 3. The molecule has 0 bridgehead atoms. The van der Waals surface area contributed by atoms with Gasteiger partial charge < -0.3 is 10.0 Å². The van der Waals surface area contributed by atoms with Crippen LogP contribution in [-0.2, 0) is 0 Å². The first kappa shape index (κ1) is 13.8. The second kappa shape index (κ2) is 6.04. The Hall–Kier alpha value is -1.58. The molecule has 2 rings (SSSR count). The highest BCUT2D eigenvalue weighted by atomic mass is 16.3.